The van der Waals surface area contributed by atoms with Crippen molar-refractivity contribution in [2.75, 3.05) is 0 Å². The summed E-state index contributed by atoms with van der Waals surface area (Å²) in [5.74, 6) is 0. The Morgan fingerprint density at radius 2 is 1.94 bits per heavy atom. The van der Waals surface area contributed by atoms with Gasteiger partial charge in [0.05, 0.1) is 6.61 Å². The molecule has 1 aromatic carbocycles. The molecule has 0 spiro atoms. The first-order valence-electron chi connectivity index (χ1n) is 5.16. The Bertz CT molecular complexity index is 532. The van der Waals surface area contributed by atoms with Gasteiger partial charge in [-0.3, -0.25) is 0 Å². The van der Waals surface area contributed by atoms with Crippen molar-refractivity contribution in [2.45, 2.75) is 16.5 Å². The lowest BCUT2D eigenvalue weighted by Crippen LogP contribution is -1.81. The highest BCUT2D eigenvalue weighted by Crippen LogP contribution is 2.40. The molecule has 4 nitrogen and oxygen atoms in total. The third-order valence-electron chi connectivity index (χ3n) is 2.17. The second-order valence-corrected chi connectivity index (χ2v) is 5.58. The van der Waals surface area contributed by atoms with E-state index in [-0.39, 0.29) is 6.61 Å². The van der Waals surface area contributed by atoms with Gasteiger partial charge in [-0.05, 0) is 45.8 Å². The molecule has 0 saturated carbocycles. The van der Waals surface area contributed by atoms with E-state index < -0.39 is 0 Å². The number of aromatic nitrogens is 1. The van der Waals surface area contributed by atoms with Gasteiger partial charge in [0.2, 0.25) is 0 Å². The van der Waals surface area contributed by atoms with E-state index >= 15 is 0 Å². The molecule has 92 valence electrons. The zero-order valence-corrected chi connectivity index (χ0v) is 10.9. The smallest absolute Gasteiger partial charge is 0.141 e. The van der Waals surface area contributed by atoms with Crippen molar-refractivity contribution in [3.05, 3.63) is 53.1 Å². The van der Waals surface area contributed by atoms with Gasteiger partial charge in [0.15, 0.2) is 0 Å². The minimum atomic E-state index is 0.0392. The maximum atomic E-state index is 10.6. The summed E-state index contributed by atoms with van der Waals surface area (Å²) in [5, 5.41) is 12.5. The van der Waals surface area contributed by atoms with Crippen LogP contribution < -0.4 is 0 Å². The number of pyridine rings is 1. The van der Waals surface area contributed by atoms with Crippen LogP contribution in [0.15, 0.2) is 57.7 Å². The fourth-order valence-electron chi connectivity index (χ4n) is 1.25. The Morgan fingerprint density at radius 1 is 1.17 bits per heavy atom. The van der Waals surface area contributed by atoms with E-state index in [2.05, 4.69) is 10.2 Å². The number of rotatable bonds is 5. The molecule has 0 unspecified atom stereocenters. The molecular formula is C12H10N2O2S2. The molecule has 0 fully saturated rings. The largest absolute Gasteiger partial charge is 0.392 e. The molecule has 0 aliphatic rings. The van der Waals surface area contributed by atoms with Crippen LogP contribution in [0.3, 0.4) is 0 Å². The molecule has 18 heavy (non-hydrogen) atoms. The monoisotopic (exact) mass is 278 g/mol. The third-order valence-corrected chi connectivity index (χ3v) is 4.49. The number of benzene rings is 1. The normalized spacial score (nSPS) is 10.3. The number of aliphatic hydroxyl groups excluding tert-OH is 1. The number of aliphatic hydroxyl groups is 1. The lowest BCUT2D eigenvalue weighted by Gasteiger charge is -2.02. The molecule has 6 heteroatoms. The number of hydrogen-bond donors (Lipinski definition) is 1. The molecule has 1 N–H and O–H groups in total. The van der Waals surface area contributed by atoms with Crippen LogP contribution in [0.2, 0.25) is 0 Å². The van der Waals surface area contributed by atoms with Gasteiger partial charge in [-0.25, -0.2) is 4.98 Å². The van der Waals surface area contributed by atoms with Gasteiger partial charge in [-0.2, -0.15) is 0 Å². The Kier molecular flexibility index (Phi) is 4.74. The molecule has 2 aromatic rings. The van der Waals surface area contributed by atoms with Gasteiger partial charge in [0.25, 0.3) is 0 Å². The topological polar surface area (TPSA) is 62.5 Å². The van der Waals surface area contributed by atoms with Crippen molar-refractivity contribution in [2.24, 2.45) is 5.18 Å². The lowest BCUT2D eigenvalue weighted by atomic mass is 10.2. The van der Waals surface area contributed by atoms with Crippen molar-refractivity contribution in [3.8, 4) is 0 Å². The summed E-state index contributed by atoms with van der Waals surface area (Å²) in [4.78, 5) is 15.7. The van der Waals surface area contributed by atoms with E-state index in [1.807, 2.05) is 24.3 Å². The van der Waals surface area contributed by atoms with E-state index in [4.69, 9.17) is 5.11 Å². The summed E-state index contributed by atoms with van der Waals surface area (Å²) in [7, 11) is 2.88. The first-order valence-corrected chi connectivity index (χ1v) is 7.31. The van der Waals surface area contributed by atoms with E-state index in [0.29, 0.717) is 10.7 Å². The van der Waals surface area contributed by atoms with E-state index in [1.165, 1.54) is 21.6 Å². The molecule has 0 amide bonds. The van der Waals surface area contributed by atoms with Gasteiger partial charge in [0.1, 0.15) is 10.7 Å². The van der Waals surface area contributed by atoms with Crippen molar-refractivity contribution < 1.29 is 5.11 Å². The number of nitroso groups, excluding NO2 is 1. The minimum absolute atomic E-state index is 0.0392. The molecule has 1 heterocycles. The van der Waals surface area contributed by atoms with Gasteiger partial charge in [-0.1, -0.05) is 22.9 Å². The summed E-state index contributed by atoms with van der Waals surface area (Å²) in [5.41, 5.74) is 1.22. The molecule has 2 rings (SSSR count). The predicted octanol–water partition coefficient (Wildman–Crippen LogP) is 3.77. The van der Waals surface area contributed by atoms with Gasteiger partial charge >= 0.3 is 0 Å². The summed E-state index contributed by atoms with van der Waals surface area (Å²) in [6.45, 7) is 0.0392. The van der Waals surface area contributed by atoms with Crippen molar-refractivity contribution in [1.82, 2.24) is 4.98 Å². The molecule has 1 aromatic heterocycles. The van der Waals surface area contributed by atoms with Crippen LogP contribution in [0.4, 0.5) is 5.69 Å². The molecular weight excluding hydrogens is 268 g/mol. The van der Waals surface area contributed by atoms with E-state index in [0.717, 1.165) is 10.5 Å². The summed E-state index contributed by atoms with van der Waals surface area (Å²) < 4.78 is 0. The number of hydrogen-bond acceptors (Lipinski definition) is 6. The Labute approximate surface area is 112 Å². The van der Waals surface area contributed by atoms with Crippen LogP contribution in [-0.2, 0) is 6.61 Å². The van der Waals surface area contributed by atoms with Crippen LogP contribution >= 0.6 is 21.6 Å². The van der Waals surface area contributed by atoms with Crippen LogP contribution in [0, 0.1) is 4.91 Å². The highest BCUT2D eigenvalue weighted by molar-refractivity contribution is 8.76. The minimum Gasteiger partial charge on any atom is -0.392 e. The Morgan fingerprint density at radius 3 is 2.61 bits per heavy atom. The van der Waals surface area contributed by atoms with Crippen molar-refractivity contribution in [1.29, 1.82) is 0 Å². The summed E-state index contributed by atoms with van der Waals surface area (Å²) in [6, 6.07) is 10.9. The number of nitrogens with zero attached hydrogens (tertiary/aromatic N) is 2. The average Bonchev–Trinajstić information content (AvgIpc) is 2.46. The molecule has 0 aliphatic carbocycles. The van der Waals surface area contributed by atoms with Crippen LogP contribution in [0.5, 0.6) is 0 Å². The van der Waals surface area contributed by atoms with Gasteiger partial charge < -0.3 is 5.11 Å². The van der Waals surface area contributed by atoms with Crippen molar-refractivity contribution >= 4 is 27.3 Å². The second kappa shape index (κ2) is 6.53. The predicted molar refractivity (Wildman–Crippen MR) is 73.8 cm³/mol. The molecule has 0 saturated heterocycles. The van der Waals surface area contributed by atoms with Crippen LogP contribution in [0.25, 0.3) is 0 Å². The first-order chi connectivity index (χ1) is 8.83. The quantitative estimate of drug-likeness (QED) is 0.666. The zero-order chi connectivity index (χ0) is 12.8. The maximum absolute atomic E-state index is 10.6. The maximum Gasteiger partial charge on any atom is 0.141 e. The lowest BCUT2D eigenvalue weighted by molar-refractivity contribution is 0.282. The van der Waals surface area contributed by atoms with E-state index in [1.54, 1.807) is 18.3 Å². The Balaban J connectivity index is 2.04. The summed E-state index contributed by atoms with van der Waals surface area (Å²) >= 11 is 0. The highest BCUT2D eigenvalue weighted by atomic mass is 33.1. The van der Waals surface area contributed by atoms with Crippen LogP contribution in [-0.4, -0.2) is 10.1 Å². The SMILES string of the molecule is O=Nc1cccnc1SSc1ccc(CO)cc1. The van der Waals surface area contributed by atoms with Gasteiger partial charge in [0, 0.05) is 11.1 Å². The van der Waals surface area contributed by atoms with E-state index in [9.17, 15) is 4.91 Å². The second-order valence-electron chi connectivity index (χ2n) is 3.39. The molecule has 0 bridgehead atoms. The molecule has 0 radical (unpaired) electrons. The van der Waals surface area contributed by atoms with Gasteiger partial charge in [-0.15, -0.1) is 4.91 Å². The molecule has 0 atom stereocenters. The molecule has 0 aliphatic heterocycles. The van der Waals surface area contributed by atoms with Crippen LogP contribution in [0.1, 0.15) is 5.56 Å². The Hall–Kier alpha value is -1.37. The fourth-order valence-corrected chi connectivity index (χ4v) is 3.21. The average molecular weight is 278 g/mol. The highest BCUT2D eigenvalue weighted by Gasteiger charge is 2.05. The van der Waals surface area contributed by atoms with Crippen molar-refractivity contribution in [3.63, 3.8) is 0 Å². The third kappa shape index (κ3) is 3.32. The first kappa shape index (κ1) is 13.1. The summed E-state index contributed by atoms with van der Waals surface area (Å²) in [6.07, 6.45) is 1.63. The fraction of sp³-hybridized carbons (Fsp3) is 0.0833. The zero-order valence-electron chi connectivity index (χ0n) is 9.31. The standard InChI is InChI=1S/C12H10N2O2S2/c15-8-9-3-5-10(6-4-9)17-18-12-11(14-16)2-1-7-13-12/h1-7,15H,8H2.